The van der Waals surface area contributed by atoms with Crippen molar-refractivity contribution >= 4 is 34.9 Å². The van der Waals surface area contributed by atoms with Crippen molar-refractivity contribution in [1.29, 1.82) is 0 Å². The van der Waals surface area contributed by atoms with E-state index in [2.05, 4.69) is 84.5 Å². The molecule has 3 aliphatic rings. The largest absolute Gasteiger partial charge is 0.469 e. The summed E-state index contributed by atoms with van der Waals surface area (Å²) >= 11 is 0. The summed E-state index contributed by atoms with van der Waals surface area (Å²) in [5, 5.41) is 0. The van der Waals surface area contributed by atoms with E-state index in [0.717, 1.165) is 69.0 Å². The first-order valence-electron chi connectivity index (χ1n) is 21.3. The molecule has 0 spiro atoms. The molecule has 0 saturated carbocycles. The molecule has 0 aliphatic carbocycles. The number of likely N-dealkylation sites (tertiary alicyclic amines) is 2. The first-order valence-corrected chi connectivity index (χ1v) is 21.3. The van der Waals surface area contributed by atoms with E-state index in [0.29, 0.717) is 44.5 Å². The first-order chi connectivity index (χ1) is 28.9. The molecular formula is C47H55N7O6. The van der Waals surface area contributed by atoms with Crippen LogP contribution in [0.5, 0.6) is 0 Å². The minimum absolute atomic E-state index is 0.0258. The molecule has 3 aliphatic heterocycles. The van der Waals surface area contributed by atoms with Gasteiger partial charge < -0.3 is 29.2 Å². The lowest BCUT2D eigenvalue weighted by Gasteiger charge is -2.33. The van der Waals surface area contributed by atoms with Gasteiger partial charge in [-0.2, -0.15) is 0 Å². The maximum absolute atomic E-state index is 14.1. The number of hydrogen-bond acceptors (Lipinski definition) is 8. The Morgan fingerprint density at radius 2 is 1.40 bits per heavy atom. The highest BCUT2D eigenvalue weighted by atomic mass is 16.6. The van der Waals surface area contributed by atoms with Crippen molar-refractivity contribution in [3.8, 4) is 33.5 Å². The molecule has 13 nitrogen and oxygen atoms in total. The normalized spacial score (nSPS) is 21.5. The fourth-order valence-corrected chi connectivity index (χ4v) is 9.35. The van der Waals surface area contributed by atoms with Gasteiger partial charge in [0.25, 0.3) is 0 Å². The van der Waals surface area contributed by atoms with E-state index in [9.17, 15) is 19.2 Å². The van der Waals surface area contributed by atoms with Gasteiger partial charge in [0.1, 0.15) is 24.3 Å². The molecule has 3 fully saturated rings. The highest BCUT2D eigenvalue weighted by Crippen LogP contribution is 2.39. The minimum Gasteiger partial charge on any atom is -0.469 e. The molecule has 0 bridgehead atoms. The molecule has 2 aromatic heterocycles. The van der Waals surface area contributed by atoms with Crippen LogP contribution >= 0.6 is 0 Å². The number of aromatic amines is 2. The monoisotopic (exact) mass is 813 g/mol. The zero-order valence-corrected chi connectivity index (χ0v) is 35.3. The molecule has 5 aromatic rings. The van der Waals surface area contributed by atoms with Crippen LogP contribution in [0.25, 0.3) is 44.5 Å². The lowest BCUT2D eigenvalue weighted by Crippen LogP contribution is -2.51. The highest BCUT2D eigenvalue weighted by molar-refractivity contribution is 5.88. The number of methoxy groups -OCH3 is 1. The van der Waals surface area contributed by atoms with Gasteiger partial charge in [-0.05, 0) is 77.0 Å². The zero-order chi connectivity index (χ0) is 42.2. The minimum atomic E-state index is -0.576. The number of cyclic esters (lactones) is 1. The van der Waals surface area contributed by atoms with Crippen LogP contribution in [0.15, 0.2) is 72.9 Å². The molecular weight excluding hydrogens is 759 g/mol. The molecule has 60 heavy (non-hydrogen) atoms. The number of nitrogens with one attached hydrogen (secondary N) is 2. The number of esters is 1. The SMILES string of the molecule is CC[C@H](CC(=O)OC)C(=O)N1C[C@@H](C)C[C@H]1c1ncc(-c2ccc(-c3ccc(-c4ccc5nc([C@@H]6C[C@H](C)CN6C(=O)[C@H](C(C)C)N6CCOC6=O)[nH]c5c4)cc3)cc2)[nH]1. The summed E-state index contributed by atoms with van der Waals surface area (Å²) in [7, 11) is 1.35. The Morgan fingerprint density at radius 3 is 1.98 bits per heavy atom. The number of fused-ring (bicyclic) bond motifs is 1. The summed E-state index contributed by atoms with van der Waals surface area (Å²) in [5.41, 5.74) is 7.94. The van der Waals surface area contributed by atoms with Gasteiger partial charge in [0.05, 0.1) is 55.1 Å². The Bertz CT molecular complexity index is 2370. The van der Waals surface area contributed by atoms with Crippen LogP contribution in [0.3, 0.4) is 0 Å². The van der Waals surface area contributed by atoms with Crippen molar-refractivity contribution in [3.63, 3.8) is 0 Å². The molecule has 8 rings (SSSR count). The number of rotatable bonds is 12. The number of aromatic nitrogens is 4. The number of hydrogen-bond donors (Lipinski definition) is 2. The molecule has 6 atom stereocenters. The van der Waals surface area contributed by atoms with Gasteiger partial charge in [-0.25, -0.2) is 14.8 Å². The number of benzene rings is 3. The maximum Gasteiger partial charge on any atom is 0.410 e. The van der Waals surface area contributed by atoms with E-state index in [1.165, 1.54) is 7.11 Å². The lowest BCUT2D eigenvalue weighted by molar-refractivity contribution is -0.147. The van der Waals surface area contributed by atoms with Crippen molar-refractivity contribution in [2.45, 2.75) is 78.4 Å². The van der Waals surface area contributed by atoms with Gasteiger partial charge in [-0.15, -0.1) is 0 Å². The number of carbonyl (C=O) groups excluding carboxylic acids is 4. The van der Waals surface area contributed by atoms with Crippen LogP contribution in [-0.4, -0.2) is 97.9 Å². The third-order valence-electron chi connectivity index (χ3n) is 12.6. The molecule has 0 unspecified atom stereocenters. The number of imidazole rings is 2. The van der Waals surface area contributed by atoms with Gasteiger partial charge in [0.2, 0.25) is 11.8 Å². The highest BCUT2D eigenvalue weighted by Gasteiger charge is 2.44. The van der Waals surface area contributed by atoms with Crippen molar-refractivity contribution in [2.75, 3.05) is 33.4 Å². The average Bonchev–Trinajstić information content (AvgIpc) is 4.11. The molecule has 13 heteroatoms. The standard InChI is InChI=1S/C47H55N7O6/c1-7-30(23-41(55)59-6)45(56)53-25-28(4)20-39(53)43-48-24-38(51-43)34-14-12-32(13-15-34)31-8-10-33(11-9-31)35-16-17-36-37(22-35)50-44(49-36)40-21-29(5)26-54(40)46(57)42(27(2)3)52-18-19-60-47(52)58/h8-17,22,24,27-30,39-40,42H,7,18-21,23,25-26H2,1-6H3,(H,48,51)(H,49,50)/t28-,29-,30+,39-,40-,42-/m0/s1. The second kappa shape index (κ2) is 16.9. The fourth-order valence-electron chi connectivity index (χ4n) is 9.35. The summed E-state index contributed by atoms with van der Waals surface area (Å²) < 4.78 is 10.0. The summed E-state index contributed by atoms with van der Waals surface area (Å²) in [6.45, 7) is 12.1. The van der Waals surface area contributed by atoms with E-state index in [1.54, 1.807) is 4.90 Å². The quantitative estimate of drug-likeness (QED) is 0.120. The molecule has 3 amide bonds. The Hall–Kier alpha value is -5.98. The van der Waals surface area contributed by atoms with Crippen LogP contribution < -0.4 is 0 Å². The molecule has 3 saturated heterocycles. The number of amides is 3. The predicted molar refractivity (Wildman–Crippen MR) is 228 cm³/mol. The van der Waals surface area contributed by atoms with Crippen molar-refractivity contribution in [2.24, 2.45) is 23.7 Å². The summed E-state index contributed by atoms with van der Waals surface area (Å²) in [6, 6.07) is 22.1. The third kappa shape index (κ3) is 8.01. The van der Waals surface area contributed by atoms with Crippen molar-refractivity contribution in [3.05, 3.63) is 84.6 Å². The van der Waals surface area contributed by atoms with Gasteiger partial charge >= 0.3 is 12.1 Å². The van der Waals surface area contributed by atoms with Crippen LogP contribution in [0, 0.1) is 23.7 Å². The summed E-state index contributed by atoms with van der Waals surface area (Å²) in [6.07, 6.45) is 3.65. The maximum atomic E-state index is 14.1. The Balaban J connectivity index is 0.947. The van der Waals surface area contributed by atoms with Gasteiger partial charge in [-0.1, -0.05) is 89.2 Å². The fraction of sp³-hybridized carbons (Fsp3) is 0.447. The average molecular weight is 814 g/mol. The topological polar surface area (TPSA) is 154 Å². The van der Waals surface area contributed by atoms with E-state index in [4.69, 9.17) is 19.4 Å². The lowest BCUT2D eigenvalue weighted by atomic mass is 9.99. The van der Waals surface area contributed by atoms with E-state index < -0.39 is 18.1 Å². The van der Waals surface area contributed by atoms with E-state index in [-0.39, 0.29) is 42.2 Å². The Morgan fingerprint density at radius 1 is 0.817 bits per heavy atom. The second-order valence-electron chi connectivity index (χ2n) is 17.3. The smallest absolute Gasteiger partial charge is 0.410 e. The Labute approximate surface area is 350 Å². The molecule has 3 aromatic carbocycles. The van der Waals surface area contributed by atoms with Crippen molar-refractivity contribution < 1.29 is 28.7 Å². The van der Waals surface area contributed by atoms with E-state index >= 15 is 0 Å². The van der Waals surface area contributed by atoms with Gasteiger partial charge in [-0.3, -0.25) is 19.3 Å². The summed E-state index contributed by atoms with van der Waals surface area (Å²) in [5.74, 6) is 1.21. The van der Waals surface area contributed by atoms with Crippen LogP contribution in [0.1, 0.15) is 84.0 Å². The first kappa shape index (κ1) is 40.8. The van der Waals surface area contributed by atoms with E-state index in [1.807, 2.05) is 42.8 Å². The predicted octanol–water partition coefficient (Wildman–Crippen LogP) is 8.17. The number of carbonyl (C=O) groups is 4. The zero-order valence-electron chi connectivity index (χ0n) is 35.3. The number of nitrogens with zero attached hydrogens (tertiary/aromatic N) is 5. The van der Waals surface area contributed by atoms with Crippen LogP contribution in [-0.2, 0) is 23.9 Å². The van der Waals surface area contributed by atoms with Crippen LogP contribution in [0.4, 0.5) is 4.79 Å². The van der Waals surface area contributed by atoms with Crippen LogP contribution in [0.2, 0.25) is 0 Å². The number of ether oxygens (including phenoxy) is 2. The Kier molecular flexibility index (Phi) is 11.5. The molecule has 2 N–H and O–H groups in total. The van der Waals surface area contributed by atoms with Gasteiger partial charge in [0.15, 0.2) is 0 Å². The van der Waals surface area contributed by atoms with Gasteiger partial charge in [0, 0.05) is 19.0 Å². The molecule has 0 radical (unpaired) electrons. The molecule has 314 valence electrons. The molecule has 5 heterocycles. The summed E-state index contributed by atoms with van der Waals surface area (Å²) in [4.78, 5) is 74.2. The number of H-pyrrole nitrogens is 2. The second-order valence-corrected chi connectivity index (χ2v) is 17.3. The third-order valence-corrected chi connectivity index (χ3v) is 12.6. The van der Waals surface area contributed by atoms with Crippen molar-refractivity contribution in [1.82, 2.24) is 34.6 Å².